The van der Waals surface area contributed by atoms with E-state index < -0.39 is 54.2 Å². The first-order valence-electron chi connectivity index (χ1n) is 9.81. The van der Waals surface area contributed by atoms with Crippen LogP contribution in [0.1, 0.15) is 24.8 Å². The summed E-state index contributed by atoms with van der Waals surface area (Å²) < 4.78 is 0. The third kappa shape index (κ3) is 6.78. The zero-order valence-electron chi connectivity index (χ0n) is 16.8. The maximum Gasteiger partial charge on any atom is 0.326 e. The number of benzene rings is 1. The summed E-state index contributed by atoms with van der Waals surface area (Å²) in [7, 11) is 0. The maximum atomic E-state index is 13.2. The van der Waals surface area contributed by atoms with Gasteiger partial charge in [-0.25, -0.2) is 4.79 Å². The van der Waals surface area contributed by atoms with Crippen LogP contribution in [0.3, 0.4) is 0 Å². The summed E-state index contributed by atoms with van der Waals surface area (Å²) in [4.78, 5) is 61.1. The smallest absolute Gasteiger partial charge is 0.326 e. The van der Waals surface area contributed by atoms with Crippen molar-refractivity contribution in [2.45, 2.75) is 43.8 Å². The molecule has 0 aromatic heterocycles. The van der Waals surface area contributed by atoms with Gasteiger partial charge in [0.15, 0.2) is 0 Å². The molecule has 0 saturated carbocycles. The molecule has 0 spiro atoms. The number of nitrogens with two attached hydrogens (primary N) is 1. The Kier molecular flexibility index (Phi) is 8.50. The highest BCUT2D eigenvalue weighted by molar-refractivity contribution is 5.94. The van der Waals surface area contributed by atoms with Gasteiger partial charge in [-0.05, 0) is 18.4 Å². The third-order valence-electron chi connectivity index (χ3n) is 4.93. The largest absolute Gasteiger partial charge is 0.481 e. The SMILES string of the molecule is NCC(=O)NC(Cc1ccccc1)C(=O)N1CCCC1C(=O)NC(CC(=O)O)C(=O)O. The summed E-state index contributed by atoms with van der Waals surface area (Å²) in [6.07, 6.45) is 0.196. The number of carboxylic acids is 2. The van der Waals surface area contributed by atoms with Crippen molar-refractivity contribution in [2.24, 2.45) is 5.73 Å². The number of carbonyl (C=O) groups excluding carboxylic acids is 3. The molecule has 3 atom stereocenters. The Labute approximate surface area is 178 Å². The van der Waals surface area contributed by atoms with Crippen LogP contribution in [-0.2, 0) is 30.4 Å². The molecule has 1 aliphatic rings. The topological polar surface area (TPSA) is 179 Å². The number of likely N-dealkylation sites (tertiary alicyclic amines) is 1. The Morgan fingerprint density at radius 2 is 1.74 bits per heavy atom. The second-order valence-electron chi connectivity index (χ2n) is 7.20. The highest BCUT2D eigenvalue weighted by atomic mass is 16.4. The van der Waals surface area contributed by atoms with Crippen molar-refractivity contribution < 1.29 is 34.2 Å². The molecule has 1 fully saturated rings. The summed E-state index contributed by atoms with van der Waals surface area (Å²) in [5, 5.41) is 22.8. The van der Waals surface area contributed by atoms with Crippen molar-refractivity contribution in [1.82, 2.24) is 15.5 Å². The number of carboxylic acid groups (broad SMARTS) is 2. The predicted octanol–water partition coefficient (Wildman–Crippen LogP) is -1.29. The molecule has 1 aromatic carbocycles. The number of carbonyl (C=O) groups is 5. The van der Waals surface area contributed by atoms with E-state index in [9.17, 15) is 24.0 Å². The van der Waals surface area contributed by atoms with Crippen molar-refractivity contribution in [2.75, 3.05) is 13.1 Å². The standard InChI is InChI=1S/C20H26N4O7/c21-11-16(25)22-13(9-12-5-2-1-3-6-12)19(29)24-8-4-7-15(24)18(28)23-14(20(30)31)10-17(26)27/h1-3,5-6,13-15H,4,7-11,21H2,(H,22,25)(H,23,28)(H,26,27)(H,30,31). The highest BCUT2D eigenvalue weighted by Gasteiger charge is 2.39. The van der Waals surface area contributed by atoms with Crippen LogP contribution in [-0.4, -0.2) is 76.0 Å². The third-order valence-corrected chi connectivity index (χ3v) is 4.93. The fourth-order valence-corrected chi connectivity index (χ4v) is 3.45. The first kappa shape index (κ1) is 23.8. The minimum atomic E-state index is -1.61. The zero-order chi connectivity index (χ0) is 23.0. The van der Waals surface area contributed by atoms with Crippen LogP contribution < -0.4 is 16.4 Å². The second-order valence-corrected chi connectivity index (χ2v) is 7.20. The van der Waals surface area contributed by atoms with E-state index in [4.69, 9.17) is 15.9 Å². The average molecular weight is 434 g/mol. The Balaban J connectivity index is 2.16. The van der Waals surface area contributed by atoms with Crippen LogP contribution in [0.5, 0.6) is 0 Å². The molecule has 168 valence electrons. The molecule has 6 N–H and O–H groups in total. The zero-order valence-corrected chi connectivity index (χ0v) is 16.8. The Morgan fingerprint density at radius 1 is 1.06 bits per heavy atom. The lowest BCUT2D eigenvalue weighted by atomic mass is 10.0. The Bertz CT molecular complexity index is 830. The molecule has 0 bridgehead atoms. The van der Waals surface area contributed by atoms with Gasteiger partial charge < -0.3 is 31.5 Å². The van der Waals surface area contributed by atoms with Gasteiger partial charge in [0.05, 0.1) is 13.0 Å². The van der Waals surface area contributed by atoms with E-state index in [1.165, 1.54) is 4.90 Å². The molecular formula is C20H26N4O7. The summed E-state index contributed by atoms with van der Waals surface area (Å²) in [5.74, 6) is -4.62. The van der Waals surface area contributed by atoms with Gasteiger partial charge in [-0.3, -0.25) is 19.2 Å². The van der Waals surface area contributed by atoms with Gasteiger partial charge >= 0.3 is 11.9 Å². The first-order chi connectivity index (χ1) is 14.7. The molecule has 0 radical (unpaired) electrons. The van der Waals surface area contributed by atoms with Crippen molar-refractivity contribution in [3.63, 3.8) is 0 Å². The summed E-state index contributed by atoms with van der Waals surface area (Å²) >= 11 is 0. The minimum Gasteiger partial charge on any atom is -0.481 e. The molecule has 3 unspecified atom stereocenters. The van der Waals surface area contributed by atoms with Crippen LogP contribution in [0.2, 0.25) is 0 Å². The fraction of sp³-hybridized carbons (Fsp3) is 0.450. The van der Waals surface area contributed by atoms with E-state index in [0.717, 1.165) is 5.56 Å². The van der Waals surface area contributed by atoms with Crippen molar-refractivity contribution in [3.8, 4) is 0 Å². The predicted molar refractivity (Wildman–Crippen MR) is 108 cm³/mol. The quantitative estimate of drug-likeness (QED) is 0.302. The lowest BCUT2D eigenvalue weighted by molar-refractivity contribution is -0.148. The van der Waals surface area contributed by atoms with E-state index in [1.54, 1.807) is 24.3 Å². The maximum absolute atomic E-state index is 13.2. The molecule has 1 saturated heterocycles. The number of nitrogens with one attached hydrogen (secondary N) is 2. The molecule has 1 aromatic rings. The van der Waals surface area contributed by atoms with Crippen LogP contribution >= 0.6 is 0 Å². The van der Waals surface area contributed by atoms with Gasteiger partial charge in [0.2, 0.25) is 17.7 Å². The molecular weight excluding hydrogens is 408 g/mol. The van der Waals surface area contributed by atoms with E-state index in [2.05, 4.69) is 10.6 Å². The minimum absolute atomic E-state index is 0.188. The number of aliphatic carboxylic acids is 2. The normalized spacial score (nSPS) is 17.5. The number of rotatable bonds is 10. The van der Waals surface area contributed by atoms with Crippen molar-refractivity contribution in [1.29, 1.82) is 0 Å². The Hall–Kier alpha value is -3.47. The molecule has 31 heavy (non-hydrogen) atoms. The van der Waals surface area contributed by atoms with Crippen LogP contribution in [0, 0.1) is 0 Å². The molecule has 2 rings (SSSR count). The fourth-order valence-electron chi connectivity index (χ4n) is 3.45. The lowest BCUT2D eigenvalue weighted by Crippen LogP contribution is -2.56. The number of hydrogen-bond acceptors (Lipinski definition) is 6. The van der Waals surface area contributed by atoms with Gasteiger partial charge in [-0.2, -0.15) is 0 Å². The number of nitrogens with zero attached hydrogens (tertiary/aromatic N) is 1. The number of amides is 3. The second kappa shape index (κ2) is 11.1. The summed E-state index contributed by atoms with van der Waals surface area (Å²) in [6.45, 7) is -0.0602. The van der Waals surface area contributed by atoms with Crippen LogP contribution in [0.25, 0.3) is 0 Å². The highest BCUT2D eigenvalue weighted by Crippen LogP contribution is 2.20. The van der Waals surface area contributed by atoms with Gasteiger partial charge in [0, 0.05) is 13.0 Å². The average Bonchev–Trinajstić information content (AvgIpc) is 3.22. The van der Waals surface area contributed by atoms with Gasteiger partial charge in [0.25, 0.3) is 0 Å². The van der Waals surface area contributed by atoms with E-state index in [0.29, 0.717) is 12.8 Å². The van der Waals surface area contributed by atoms with Crippen LogP contribution in [0.4, 0.5) is 0 Å². The van der Waals surface area contributed by atoms with Gasteiger partial charge in [0.1, 0.15) is 18.1 Å². The van der Waals surface area contributed by atoms with E-state index in [1.807, 2.05) is 6.07 Å². The molecule has 11 heteroatoms. The van der Waals surface area contributed by atoms with E-state index >= 15 is 0 Å². The van der Waals surface area contributed by atoms with E-state index in [-0.39, 0.29) is 19.5 Å². The molecule has 1 aliphatic heterocycles. The summed E-state index contributed by atoms with van der Waals surface area (Å²) in [5.41, 5.74) is 6.16. The molecule has 11 nitrogen and oxygen atoms in total. The van der Waals surface area contributed by atoms with Crippen LogP contribution in [0.15, 0.2) is 30.3 Å². The lowest BCUT2D eigenvalue weighted by Gasteiger charge is -2.29. The Morgan fingerprint density at radius 3 is 2.32 bits per heavy atom. The van der Waals surface area contributed by atoms with Gasteiger partial charge in [-0.1, -0.05) is 30.3 Å². The number of hydrogen-bond donors (Lipinski definition) is 5. The molecule has 1 heterocycles. The van der Waals surface area contributed by atoms with Crippen molar-refractivity contribution in [3.05, 3.63) is 35.9 Å². The first-order valence-corrected chi connectivity index (χ1v) is 9.81. The summed E-state index contributed by atoms with van der Waals surface area (Å²) in [6, 6.07) is 5.47. The van der Waals surface area contributed by atoms with Crippen molar-refractivity contribution >= 4 is 29.7 Å². The monoisotopic (exact) mass is 434 g/mol. The molecule has 3 amide bonds. The van der Waals surface area contributed by atoms with Gasteiger partial charge in [-0.15, -0.1) is 0 Å². The molecule has 0 aliphatic carbocycles.